The summed E-state index contributed by atoms with van der Waals surface area (Å²) in [5.41, 5.74) is 0.853. The van der Waals surface area contributed by atoms with Crippen LogP contribution in [0, 0.1) is 0 Å². The lowest BCUT2D eigenvalue weighted by molar-refractivity contribution is -0.132. The van der Waals surface area contributed by atoms with E-state index in [-0.39, 0.29) is 17.2 Å². The number of amides is 1. The second kappa shape index (κ2) is 5.95. The van der Waals surface area contributed by atoms with E-state index in [2.05, 4.69) is 5.10 Å². The SMILES string of the molecule is COC(=O)C1=NN(c2ccccc2)C(=O)/C1=C\c1cccs1. The van der Waals surface area contributed by atoms with E-state index in [9.17, 15) is 9.59 Å². The lowest BCUT2D eigenvalue weighted by Gasteiger charge is -2.10. The maximum absolute atomic E-state index is 12.6. The van der Waals surface area contributed by atoms with Gasteiger partial charge >= 0.3 is 5.97 Å². The molecule has 3 rings (SSSR count). The summed E-state index contributed by atoms with van der Waals surface area (Å²) in [5, 5.41) is 7.25. The molecule has 2 aromatic rings. The summed E-state index contributed by atoms with van der Waals surface area (Å²) in [4.78, 5) is 25.4. The molecule has 22 heavy (non-hydrogen) atoms. The Morgan fingerprint density at radius 3 is 2.64 bits per heavy atom. The van der Waals surface area contributed by atoms with Crippen LogP contribution in [0.3, 0.4) is 0 Å². The molecule has 5 nitrogen and oxygen atoms in total. The van der Waals surface area contributed by atoms with Crippen molar-refractivity contribution in [3.05, 3.63) is 58.3 Å². The molecule has 0 radical (unpaired) electrons. The lowest BCUT2D eigenvalue weighted by Crippen LogP contribution is -2.22. The van der Waals surface area contributed by atoms with E-state index in [1.165, 1.54) is 23.5 Å². The quantitative estimate of drug-likeness (QED) is 0.647. The number of esters is 1. The van der Waals surface area contributed by atoms with Gasteiger partial charge in [0, 0.05) is 4.88 Å². The summed E-state index contributed by atoms with van der Waals surface area (Å²) in [5.74, 6) is -0.977. The van der Waals surface area contributed by atoms with Crippen LogP contribution in [0.1, 0.15) is 4.88 Å². The third kappa shape index (κ3) is 2.56. The highest BCUT2D eigenvalue weighted by molar-refractivity contribution is 7.10. The van der Waals surface area contributed by atoms with Gasteiger partial charge in [-0.2, -0.15) is 10.1 Å². The normalized spacial score (nSPS) is 16.0. The first kappa shape index (κ1) is 14.2. The van der Waals surface area contributed by atoms with Gasteiger partial charge < -0.3 is 4.74 Å². The van der Waals surface area contributed by atoms with E-state index in [0.29, 0.717) is 5.69 Å². The van der Waals surface area contributed by atoms with Crippen LogP contribution in [0.5, 0.6) is 0 Å². The maximum Gasteiger partial charge on any atom is 0.359 e. The van der Waals surface area contributed by atoms with E-state index in [1.54, 1.807) is 30.3 Å². The Hall–Kier alpha value is -2.73. The number of hydrogen-bond donors (Lipinski definition) is 0. The molecule has 0 saturated heterocycles. The number of rotatable bonds is 3. The van der Waals surface area contributed by atoms with Crippen LogP contribution < -0.4 is 5.01 Å². The number of carbonyl (C=O) groups is 2. The van der Waals surface area contributed by atoms with Crippen LogP contribution in [-0.4, -0.2) is 24.7 Å². The summed E-state index contributed by atoms with van der Waals surface area (Å²) in [6.45, 7) is 0. The molecule has 0 bridgehead atoms. The minimum atomic E-state index is -0.630. The van der Waals surface area contributed by atoms with Crippen LogP contribution in [-0.2, 0) is 14.3 Å². The monoisotopic (exact) mass is 312 g/mol. The Balaban J connectivity index is 2.05. The van der Waals surface area contributed by atoms with Gasteiger partial charge in [-0.05, 0) is 29.7 Å². The number of hydrogen-bond acceptors (Lipinski definition) is 5. The molecule has 110 valence electrons. The molecule has 2 heterocycles. The van der Waals surface area contributed by atoms with Crippen LogP contribution in [0.15, 0.2) is 58.5 Å². The van der Waals surface area contributed by atoms with Crippen molar-refractivity contribution >= 4 is 40.7 Å². The predicted molar refractivity (Wildman–Crippen MR) is 85.7 cm³/mol. The number of nitrogens with zero attached hydrogens (tertiary/aromatic N) is 2. The second-order valence-corrected chi connectivity index (χ2v) is 5.45. The first-order valence-corrected chi connectivity index (χ1v) is 7.40. The largest absolute Gasteiger partial charge is 0.464 e. The Kier molecular flexibility index (Phi) is 3.84. The molecule has 0 atom stereocenters. The van der Waals surface area contributed by atoms with Crippen LogP contribution in [0.25, 0.3) is 6.08 Å². The Bertz CT molecular complexity index is 764. The Morgan fingerprint density at radius 1 is 1.23 bits per heavy atom. The Labute approximate surface area is 131 Å². The van der Waals surface area contributed by atoms with Crippen LogP contribution in [0.4, 0.5) is 5.69 Å². The van der Waals surface area contributed by atoms with Gasteiger partial charge in [0.2, 0.25) is 0 Å². The number of anilines is 1. The van der Waals surface area contributed by atoms with Gasteiger partial charge in [-0.3, -0.25) is 4.79 Å². The molecular formula is C16H12N2O3S. The number of methoxy groups -OCH3 is 1. The molecule has 0 spiro atoms. The fourth-order valence-corrected chi connectivity index (χ4v) is 2.71. The third-order valence-electron chi connectivity index (χ3n) is 3.09. The summed E-state index contributed by atoms with van der Waals surface area (Å²) in [6, 6.07) is 12.7. The van der Waals surface area contributed by atoms with Crippen molar-refractivity contribution in [1.82, 2.24) is 0 Å². The topological polar surface area (TPSA) is 59.0 Å². The van der Waals surface area contributed by atoms with Crippen molar-refractivity contribution in [3.8, 4) is 0 Å². The first-order chi connectivity index (χ1) is 10.7. The minimum absolute atomic E-state index is 0.0183. The van der Waals surface area contributed by atoms with Gasteiger partial charge in [0.1, 0.15) is 0 Å². The summed E-state index contributed by atoms with van der Waals surface area (Å²) in [7, 11) is 1.27. The van der Waals surface area contributed by atoms with Crippen molar-refractivity contribution in [2.45, 2.75) is 0 Å². The van der Waals surface area contributed by atoms with Crippen LogP contribution >= 0.6 is 11.3 Å². The molecule has 1 amide bonds. The predicted octanol–water partition coefficient (Wildman–Crippen LogP) is 2.71. The standard InChI is InChI=1S/C16H12N2O3S/c1-21-16(20)14-13(10-12-8-5-9-22-12)15(19)18(17-14)11-6-3-2-4-7-11/h2-10H,1H3/b13-10-. The molecule has 1 aromatic heterocycles. The highest BCUT2D eigenvalue weighted by Crippen LogP contribution is 2.26. The zero-order valence-corrected chi connectivity index (χ0v) is 12.5. The van der Waals surface area contributed by atoms with Gasteiger partial charge in [-0.25, -0.2) is 4.79 Å². The molecule has 0 saturated carbocycles. The van der Waals surface area contributed by atoms with Gasteiger partial charge in [0.05, 0.1) is 18.4 Å². The maximum atomic E-state index is 12.6. The third-order valence-corrected chi connectivity index (χ3v) is 3.91. The van der Waals surface area contributed by atoms with Crippen molar-refractivity contribution in [2.24, 2.45) is 5.10 Å². The van der Waals surface area contributed by atoms with Gasteiger partial charge in [0.25, 0.3) is 5.91 Å². The lowest BCUT2D eigenvalue weighted by atomic mass is 10.1. The molecular weight excluding hydrogens is 300 g/mol. The molecule has 1 aliphatic rings. The second-order valence-electron chi connectivity index (χ2n) is 4.47. The fourth-order valence-electron chi connectivity index (χ4n) is 2.05. The minimum Gasteiger partial charge on any atom is -0.464 e. The van der Waals surface area contributed by atoms with E-state index < -0.39 is 5.97 Å². The smallest absolute Gasteiger partial charge is 0.359 e. The van der Waals surface area contributed by atoms with Gasteiger partial charge in [0.15, 0.2) is 5.71 Å². The van der Waals surface area contributed by atoms with Crippen molar-refractivity contribution in [1.29, 1.82) is 0 Å². The number of para-hydroxylation sites is 1. The highest BCUT2D eigenvalue weighted by atomic mass is 32.1. The molecule has 6 heteroatoms. The molecule has 0 N–H and O–H groups in total. The van der Waals surface area contributed by atoms with E-state index in [1.807, 2.05) is 23.6 Å². The average Bonchev–Trinajstić information content (AvgIpc) is 3.17. The van der Waals surface area contributed by atoms with Gasteiger partial charge in [-0.15, -0.1) is 11.3 Å². The van der Waals surface area contributed by atoms with Crippen molar-refractivity contribution < 1.29 is 14.3 Å². The molecule has 1 aliphatic heterocycles. The number of carbonyl (C=O) groups excluding carboxylic acids is 2. The van der Waals surface area contributed by atoms with E-state index >= 15 is 0 Å². The summed E-state index contributed by atoms with van der Waals surface area (Å²) < 4.78 is 4.73. The summed E-state index contributed by atoms with van der Waals surface area (Å²) >= 11 is 1.48. The zero-order chi connectivity index (χ0) is 15.5. The number of thiophene rings is 1. The van der Waals surface area contributed by atoms with E-state index in [0.717, 1.165) is 4.88 Å². The number of ether oxygens (including phenoxy) is 1. The molecule has 0 fully saturated rings. The van der Waals surface area contributed by atoms with Crippen molar-refractivity contribution in [2.75, 3.05) is 12.1 Å². The van der Waals surface area contributed by atoms with Crippen molar-refractivity contribution in [3.63, 3.8) is 0 Å². The molecule has 1 aromatic carbocycles. The molecule has 0 unspecified atom stereocenters. The summed E-state index contributed by atoms with van der Waals surface area (Å²) in [6.07, 6.45) is 1.66. The van der Waals surface area contributed by atoms with E-state index in [4.69, 9.17) is 4.74 Å². The Morgan fingerprint density at radius 2 is 2.00 bits per heavy atom. The number of benzene rings is 1. The zero-order valence-electron chi connectivity index (χ0n) is 11.7. The highest BCUT2D eigenvalue weighted by Gasteiger charge is 2.35. The van der Waals surface area contributed by atoms with Gasteiger partial charge in [-0.1, -0.05) is 24.3 Å². The average molecular weight is 312 g/mol. The first-order valence-electron chi connectivity index (χ1n) is 6.52. The van der Waals surface area contributed by atoms with Crippen LogP contribution in [0.2, 0.25) is 0 Å². The fraction of sp³-hybridized carbons (Fsp3) is 0.0625. The number of hydrazone groups is 1. The molecule has 0 aliphatic carbocycles.